The summed E-state index contributed by atoms with van der Waals surface area (Å²) in [5.41, 5.74) is -0.322. The van der Waals surface area contributed by atoms with Crippen molar-refractivity contribution >= 4 is 109 Å². The van der Waals surface area contributed by atoms with Gasteiger partial charge in [-0.1, -0.05) is 56.3 Å². The molecule has 0 fully saturated rings. The summed E-state index contributed by atoms with van der Waals surface area (Å²) in [6.45, 7) is 32.1. The maximum absolute atomic E-state index is 12.9. The molecule has 0 atom stereocenters. The SMILES string of the molecule is C#[N+]c1ccc2c(c1)CCC2=NO[Si](C)(C)C(C)(C)C.CCN(C(=O)OC(C)(C)C)c1cccc(-c2nc3cnccn3c2Nc2ccc3c(c2)CCC3=NO)c1.CCN(C(=O)OC(C)(C)C)c1cccc(C=O)c1.Nc1cnccn1.O=S(=O)(O)C(F)(F)F.O=S(=O)(O)C(F)(F)F.O=S(=O)(O)C(F)(F)F.[Sc]. The average molecular weight is 1630 g/mol. The summed E-state index contributed by atoms with van der Waals surface area (Å²) >= 11 is 0. The molecule has 0 aliphatic heterocycles. The molecular weight excluding hydrogens is 1550 g/mol. The van der Waals surface area contributed by atoms with Gasteiger partial charge < -0.3 is 30.3 Å². The summed E-state index contributed by atoms with van der Waals surface area (Å²) in [6, 6.07) is 26.6. The standard InChI is InChI=1S/C28H30N6O3.C16H23N2OSi.C14H19NO3.C4H5N3.3CHF3O3S.Sc/c1-5-33(27(35)37-28(2,3)4)21-8-6-7-19(16-21)25-26(34-14-13-29-17-24(34)31-25)30-20-10-11-22-18(15-20)9-12-23(22)32-36;1-16(2,3)20(5,6)19-18-15-10-7-12-11-13(17-4)8-9-14(12)15;1-5-15(13(17)18-14(2,3)4)12-8-6-7-11(9-12)10-16;5-4-3-6-1-2-7-4;3*2-1(3,4)8(5,6)7;/h6-8,10-11,13-17,30,36H,5,9,12H2,1-4H3;4,8-9,11H,7,10H2,1-3,5-6H3;6-10H,5H2,1-4H3;1-3H,(H2,5,7);3*(H,5,6,7);/q;+1;;;;;;. The first-order valence-electron chi connectivity index (χ1n) is 31.0. The minimum absolute atomic E-state index is 0. The third-order valence-corrected chi connectivity index (χ3v) is 20.2. The number of aldehydes is 1. The maximum Gasteiger partial charge on any atom is 0.522 e. The van der Waals surface area contributed by atoms with Crippen LogP contribution in [0.5, 0.6) is 0 Å². The second-order valence-electron chi connectivity index (χ2n) is 25.6. The van der Waals surface area contributed by atoms with E-state index in [9.17, 15) is 59.1 Å². The first-order valence-corrected chi connectivity index (χ1v) is 38.3. The van der Waals surface area contributed by atoms with Gasteiger partial charge in [-0.3, -0.25) is 42.6 Å². The number of alkyl halides is 9. The van der Waals surface area contributed by atoms with Crippen LogP contribution in [0.25, 0.3) is 21.7 Å². The molecule has 0 unspecified atom stereocenters. The second-order valence-corrected chi connectivity index (χ2v) is 34.6. The summed E-state index contributed by atoms with van der Waals surface area (Å²) in [5.74, 6) is 1.24. The van der Waals surface area contributed by atoms with E-state index in [-0.39, 0.29) is 30.9 Å². The Bertz CT molecular complexity index is 4550. The maximum atomic E-state index is 12.9. The normalized spacial score (nSPS) is 13.6. The number of hydrogen-bond donors (Lipinski definition) is 6. The molecule has 0 spiro atoms. The molecule has 4 aromatic carbocycles. The summed E-state index contributed by atoms with van der Waals surface area (Å²) in [5, 5.41) is 20.9. The van der Waals surface area contributed by atoms with Gasteiger partial charge in [-0.15, -0.1) is 5.16 Å². The molecule has 7 aromatic rings. The number of nitrogens with two attached hydrogens (primary N) is 1. The number of rotatable bonds is 10. The van der Waals surface area contributed by atoms with Gasteiger partial charge >= 0.3 is 64.8 Å². The molecule has 3 aromatic heterocycles. The predicted molar refractivity (Wildman–Crippen MR) is 382 cm³/mol. The molecular formula is C65H80F9N12O16S3ScSi+. The number of ether oxygens (including phenoxy) is 2. The van der Waals surface area contributed by atoms with Gasteiger partial charge in [-0.25, -0.2) is 19.6 Å². The molecule has 0 bridgehead atoms. The molecule has 42 heteroatoms. The van der Waals surface area contributed by atoms with Crippen molar-refractivity contribution in [3.63, 3.8) is 0 Å². The summed E-state index contributed by atoms with van der Waals surface area (Å²) in [4.78, 5) is 58.9. The first-order chi connectivity index (χ1) is 48.5. The van der Waals surface area contributed by atoms with Gasteiger partial charge in [0.2, 0.25) is 0 Å². The van der Waals surface area contributed by atoms with E-state index in [0.717, 1.165) is 82.9 Å². The van der Waals surface area contributed by atoms with Crippen LogP contribution in [0, 0.1) is 6.57 Å². The fourth-order valence-electron chi connectivity index (χ4n) is 8.32. The van der Waals surface area contributed by atoms with Crippen molar-refractivity contribution in [1.82, 2.24) is 24.3 Å². The molecule has 7 N–H and O–H groups in total. The van der Waals surface area contributed by atoms with E-state index in [2.05, 4.69) is 75.4 Å². The number of oxime groups is 2. The van der Waals surface area contributed by atoms with Gasteiger partial charge in [-0.05, 0) is 158 Å². The molecule has 0 saturated heterocycles. The number of carbonyl (C=O) groups excluding carboxylic acids is 3. The van der Waals surface area contributed by atoms with Gasteiger partial charge in [-0.2, -0.15) is 64.8 Å². The molecule has 583 valence electrons. The Morgan fingerprint density at radius 1 is 0.673 bits per heavy atom. The Labute approximate surface area is 631 Å². The summed E-state index contributed by atoms with van der Waals surface area (Å²) in [6.07, 6.45) is 13.3. The van der Waals surface area contributed by atoms with Crippen molar-refractivity contribution < 1.29 is 138 Å². The molecule has 0 saturated carbocycles. The molecule has 3 heterocycles. The quantitative estimate of drug-likeness (QED) is 0.0141. The molecule has 2 aliphatic carbocycles. The predicted octanol–water partition coefficient (Wildman–Crippen LogP) is 15.5. The molecule has 9 rings (SSSR count). The minimum Gasteiger partial charge on any atom is -0.455 e. The van der Waals surface area contributed by atoms with Crippen LogP contribution in [0.15, 0.2) is 132 Å². The van der Waals surface area contributed by atoms with Gasteiger partial charge in [0.05, 0.1) is 23.8 Å². The van der Waals surface area contributed by atoms with Crippen LogP contribution in [0.4, 0.5) is 83.5 Å². The second kappa shape index (κ2) is 38.7. The number of amides is 2. The van der Waals surface area contributed by atoms with Crippen LogP contribution in [-0.2, 0) is 83.0 Å². The van der Waals surface area contributed by atoms with E-state index in [1.807, 2.05) is 121 Å². The summed E-state index contributed by atoms with van der Waals surface area (Å²) in [7, 11) is -19.4. The van der Waals surface area contributed by atoms with E-state index in [4.69, 9.17) is 70.2 Å². The Hall–Kier alpha value is -8.99. The zero-order chi connectivity index (χ0) is 81.0. The third kappa shape index (κ3) is 29.6. The van der Waals surface area contributed by atoms with Gasteiger partial charge in [0.25, 0.3) is 14.9 Å². The zero-order valence-electron chi connectivity index (χ0n) is 59.9. The average Bonchev–Trinajstić information content (AvgIpc) is 1.61. The van der Waals surface area contributed by atoms with E-state index in [1.165, 1.54) is 22.2 Å². The van der Waals surface area contributed by atoms with E-state index >= 15 is 0 Å². The zero-order valence-corrected chi connectivity index (χ0v) is 65.1. The van der Waals surface area contributed by atoms with Crippen LogP contribution in [0.3, 0.4) is 0 Å². The smallest absolute Gasteiger partial charge is 0.455 e. The molecule has 28 nitrogen and oxygen atoms in total. The number of aryl methyl sites for hydroxylation is 2. The van der Waals surface area contributed by atoms with Crippen LogP contribution in [0.2, 0.25) is 18.1 Å². The third-order valence-electron chi connectivity index (χ3n) is 14.3. The van der Waals surface area contributed by atoms with Crippen molar-refractivity contribution in [3.05, 3.63) is 155 Å². The van der Waals surface area contributed by atoms with Crippen molar-refractivity contribution in [2.45, 2.75) is 148 Å². The van der Waals surface area contributed by atoms with E-state index in [1.54, 1.807) is 54.0 Å². The topological polar surface area (TPSA) is 392 Å². The number of anilines is 5. The number of nitrogens with one attached hydrogen (secondary N) is 1. The van der Waals surface area contributed by atoms with E-state index in [0.29, 0.717) is 41.5 Å². The minimum atomic E-state index is -5.84. The number of halogens is 9. The summed E-state index contributed by atoms with van der Waals surface area (Å²) < 4.78 is 191. The molecule has 107 heavy (non-hydrogen) atoms. The van der Waals surface area contributed by atoms with Gasteiger partial charge in [0.15, 0.2) is 5.65 Å². The van der Waals surface area contributed by atoms with Crippen molar-refractivity contribution in [3.8, 4) is 17.8 Å². The largest absolute Gasteiger partial charge is 0.522 e. The number of hydrogen-bond acceptors (Lipinski definition) is 21. The number of benzene rings is 4. The van der Waals surface area contributed by atoms with Gasteiger partial charge in [0, 0.05) is 115 Å². The molecule has 2 amide bonds. The number of nitrogens with zero attached hydrogens (tertiary/aromatic N) is 10. The number of aromatic nitrogens is 5. The Balaban J connectivity index is 0.000000472. The first kappa shape index (κ1) is 94.1. The molecule has 1 radical (unpaired) electrons. The number of imidazole rings is 1. The number of carbonyl (C=O) groups is 3. The van der Waals surface area contributed by atoms with Crippen LogP contribution in [0.1, 0.15) is 122 Å². The van der Waals surface area contributed by atoms with Crippen molar-refractivity contribution in [2.75, 3.05) is 33.9 Å². The Kier molecular flexibility index (Phi) is 34.0. The van der Waals surface area contributed by atoms with E-state index < -0.39 is 78.6 Å². The fraction of sp³-hybridized carbons (Fsp3) is 0.385. The Morgan fingerprint density at radius 3 is 1.57 bits per heavy atom. The van der Waals surface area contributed by atoms with Crippen molar-refractivity contribution in [1.29, 1.82) is 0 Å². The monoisotopic (exact) mass is 1620 g/mol. The molecule has 2 aliphatic rings. The van der Waals surface area contributed by atoms with Crippen molar-refractivity contribution in [2.24, 2.45) is 10.3 Å². The van der Waals surface area contributed by atoms with Crippen LogP contribution >= 0.6 is 0 Å². The van der Waals surface area contributed by atoms with Crippen LogP contribution < -0.4 is 20.9 Å². The fourth-order valence-corrected chi connectivity index (χ4v) is 8.93. The van der Waals surface area contributed by atoms with Gasteiger partial charge in [0.1, 0.15) is 34.8 Å². The number of nitrogen functional groups attached to an aromatic ring is 1. The van der Waals surface area contributed by atoms with Crippen LogP contribution in [-0.4, -0.2) is 147 Å². The Morgan fingerprint density at radius 2 is 1.14 bits per heavy atom. The number of fused-ring (bicyclic) bond motifs is 3.